The number of hydrogen-bond donors (Lipinski definition) is 0. The van der Waals surface area contributed by atoms with Gasteiger partial charge in [0.05, 0.1) is 5.39 Å². The van der Waals surface area contributed by atoms with E-state index >= 15 is 0 Å². The molecule has 1 atom stereocenters. The molecule has 0 N–H and O–H groups in total. The van der Waals surface area contributed by atoms with Crippen molar-refractivity contribution in [3.8, 4) is 0 Å². The smallest absolute Gasteiger partial charge is 0.278 e. The first-order valence-electron chi connectivity index (χ1n) is 9.72. The summed E-state index contributed by atoms with van der Waals surface area (Å²) in [5.41, 5.74) is 1.15. The fraction of sp³-hybridized carbons (Fsp3) is 0.333. The van der Waals surface area contributed by atoms with Crippen LogP contribution in [-0.4, -0.2) is 52.0 Å². The van der Waals surface area contributed by atoms with E-state index in [0.29, 0.717) is 43.5 Å². The Labute approximate surface area is 167 Å². The summed E-state index contributed by atoms with van der Waals surface area (Å²) in [6.07, 6.45) is 0.448. The summed E-state index contributed by atoms with van der Waals surface area (Å²) in [7, 11) is 0. The third-order valence-electron chi connectivity index (χ3n) is 5.34. The zero-order chi connectivity index (χ0) is 20.4. The van der Waals surface area contributed by atoms with Gasteiger partial charge in [-0.2, -0.15) is 4.68 Å². The predicted molar refractivity (Wildman–Crippen MR) is 108 cm³/mol. The topological polar surface area (TPSA) is 71.3 Å². The first kappa shape index (κ1) is 19.0. The fourth-order valence-corrected chi connectivity index (χ4v) is 3.71. The third-order valence-corrected chi connectivity index (χ3v) is 5.34. The summed E-state index contributed by atoms with van der Waals surface area (Å²) >= 11 is 0. The number of carbonyl (C=O) groups excluding carboxylic acids is 1. The number of carbonyl (C=O) groups is 1. The molecule has 1 aliphatic rings. The highest BCUT2D eigenvalue weighted by atomic mass is 19.1. The first-order valence-corrected chi connectivity index (χ1v) is 9.72. The number of hydrogen-bond acceptors (Lipinski definition) is 5. The van der Waals surface area contributed by atoms with Crippen LogP contribution in [0.5, 0.6) is 0 Å². The van der Waals surface area contributed by atoms with E-state index in [2.05, 4.69) is 15.2 Å². The molecular formula is C21H22FN5O2. The number of rotatable bonds is 4. The molecule has 0 spiro atoms. The molecular weight excluding hydrogens is 373 g/mol. The highest BCUT2D eigenvalue weighted by molar-refractivity contribution is 5.81. The summed E-state index contributed by atoms with van der Waals surface area (Å²) in [4.78, 5) is 29.8. The Kier molecular flexibility index (Phi) is 5.24. The minimum Gasteiger partial charge on any atom is -0.368 e. The van der Waals surface area contributed by atoms with Crippen LogP contribution in [0.2, 0.25) is 0 Å². The maximum Gasteiger partial charge on any atom is 0.278 e. The molecule has 1 fully saturated rings. The highest BCUT2D eigenvalue weighted by Crippen LogP contribution is 2.19. The quantitative estimate of drug-likeness (QED) is 0.678. The Morgan fingerprint density at radius 2 is 1.76 bits per heavy atom. The van der Waals surface area contributed by atoms with Gasteiger partial charge in [-0.3, -0.25) is 9.59 Å². The number of nitrogens with zero attached hydrogens (tertiary/aromatic N) is 5. The van der Waals surface area contributed by atoms with Crippen molar-refractivity contribution in [3.05, 3.63) is 64.7 Å². The number of benzene rings is 2. The van der Waals surface area contributed by atoms with Crippen molar-refractivity contribution < 1.29 is 9.18 Å². The maximum atomic E-state index is 13.1. The number of halogens is 1. The van der Waals surface area contributed by atoms with E-state index < -0.39 is 6.04 Å². The summed E-state index contributed by atoms with van der Waals surface area (Å²) < 4.78 is 14.3. The molecule has 0 bridgehead atoms. The van der Waals surface area contributed by atoms with Crippen LogP contribution in [0.1, 0.15) is 19.4 Å². The second-order valence-electron chi connectivity index (χ2n) is 7.07. The van der Waals surface area contributed by atoms with Gasteiger partial charge in [0.15, 0.2) is 0 Å². The van der Waals surface area contributed by atoms with Gasteiger partial charge in [-0.1, -0.05) is 24.3 Å². The lowest BCUT2D eigenvalue weighted by atomic mass is 10.1. The molecule has 0 saturated carbocycles. The van der Waals surface area contributed by atoms with Crippen molar-refractivity contribution in [2.45, 2.75) is 19.4 Å². The molecule has 29 heavy (non-hydrogen) atoms. The lowest BCUT2D eigenvalue weighted by Crippen LogP contribution is -2.51. The minimum absolute atomic E-state index is 0.127. The van der Waals surface area contributed by atoms with Crippen molar-refractivity contribution in [3.63, 3.8) is 0 Å². The molecule has 1 aromatic heterocycles. The fourth-order valence-electron chi connectivity index (χ4n) is 3.71. The first-order chi connectivity index (χ1) is 14.1. The standard InChI is InChI=1S/C21H22FN5O2/c1-2-19(27-20(28)17-5-3-4-6-18(17)23-24-27)21(29)26-13-11-25(12-14-26)16-9-7-15(22)8-10-16/h3-10,19H,2,11-14H2,1H3/t19-/m1/s1. The second kappa shape index (κ2) is 7.98. The van der Waals surface area contributed by atoms with Crippen molar-refractivity contribution in [2.24, 2.45) is 0 Å². The van der Waals surface area contributed by atoms with Crippen LogP contribution in [0.3, 0.4) is 0 Å². The number of aromatic nitrogens is 3. The van der Waals surface area contributed by atoms with Gasteiger partial charge in [0, 0.05) is 31.9 Å². The SMILES string of the molecule is CC[C@H](C(=O)N1CCN(c2ccc(F)cc2)CC1)n1nnc2ccccc2c1=O. The molecule has 3 aromatic rings. The van der Waals surface area contributed by atoms with Gasteiger partial charge < -0.3 is 9.80 Å². The Morgan fingerprint density at radius 3 is 2.45 bits per heavy atom. The summed E-state index contributed by atoms with van der Waals surface area (Å²) in [6, 6.07) is 12.7. The van der Waals surface area contributed by atoms with Crippen molar-refractivity contribution >= 4 is 22.5 Å². The van der Waals surface area contributed by atoms with Crippen LogP contribution >= 0.6 is 0 Å². The Hall–Kier alpha value is -3.29. The molecule has 2 aromatic carbocycles. The van der Waals surface area contributed by atoms with Gasteiger partial charge in [-0.15, -0.1) is 5.10 Å². The van der Waals surface area contributed by atoms with Gasteiger partial charge in [-0.05, 0) is 42.8 Å². The minimum atomic E-state index is -0.683. The van der Waals surface area contributed by atoms with Gasteiger partial charge in [0.25, 0.3) is 5.56 Å². The van der Waals surface area contributed by atoms with E-state index in [1.165, 1.54) is 16.8 Å². The number of piperazine rings is 1. The van der Waals surface area contributed by atoms with Crippen LogP contribution in [0.25, 0.3) is 10.9 Å². The van der Waals surface area contributed by atoms with E-state index in [9.17, 15) is 14.0 Å². The maximum absolute atomic E-state index is 13.1. The normalized spacial score (nSPS) is 15.5. The van der Waals surface area contributed by atoms with Crippen LogP contribution in [0.4, 0.5) is 10.1 Å². The monoisotopic (exact) mass is 395 g/mol. The van der Waals surface area contributed by atoms with Crippen molar-refractivity contribution in [2.75, 3.05) is 31.1 Å². The third kappa shape index (κ3) is 3.70. The second-order valence-corrected chi connectivity index (χ2v) is 7.07. The molecule has 7 nitrogen and oxygen atoms in total. The molecule has 0 aliphatic carbocycles. The molecule has 150 valence electrons. The zero-order valence-corrected chi connectivity index (χ0v) is 16.2. The molecule has 1 aliphatic heterocycles. The van der Waals surface area contributed by atoms with Crippen molar-refractivity contribution in [1.29, 1.82) is 0 Å². The Balaban J connectivity index is 1.51. The van der Waals surface area contributed by atoms with E-state index in [0.717, 1.165) is 5.69 Å². The number of anilines is 1. The highest BCUT2D eigenvalue weighted by Gasteiger charge is 2.29. The summed E-state index contributed by atoms with van der Waals surface area (Å²) in [6.45, 7) is 4.21. The molecule has 0 unspecified atom stereocenters. The summed E-state index contributed by atoms with van der Waals surface area (Å²) in [5.74, 6) is -0.395. The summed E-state index contributed by atoms with van der Waals surface area (Å²) in [5, 5.41) is 8.58. The molecule has 8 heteroatoms. The lowest BCUT2D eigenvalue weighted by molar-refractivity contribution is -0.135. The van der Waals surface area contributed by atoms with Gasteiger partial charge in [0.2, 0.25) is 5.91 Å². The van der Waals surface area contributed by atoms with Crippen molar-refractivity contribution in [1.82, 2.24) is 19.9 Å². The molecule has 4 rings (SSSR count). The Bertz CT molecular complexity index is 1070. The van der Waals surface area contributed by atoms with E-state index in [-0.39, 0.29) is 17.3 Å². The van der Waals surface area contributed by atoms with Crippen LogP contribution in [0, 0.1) is 5.82 Å². The molecule has 2 heterocycles. The molecule has 1 amide bonds. The molecule has 1 saturated heterocycles. The average molecular weight is 395 g/mol. The van der Waals surface area contributed by atoms with Crippen LogP contribution in [0.15, 0.2) is 53.3 Å². The Morgan fingerprint density at radius 1 is 1.07 bits per heavy atom. The molecule has 0 radical (unpaired) electrons. The zero-order valence-electron chi connectivity index (χ0n) is 16.2. The van der Waals surface area contributed by atoms with Gasteiger partial charge in [0.1, 0.15) is 17.4 Å². The van der Waals surface area contributed by atoms with Gasteiger partial charge in [-0.25, -0.2) is 4.39 Å². The van der Waals surface area contributed by atoms with Crippen LogP contribution < -0.4 is 10.5 Å². The largest absolute Gasteiger partial charge is 0.368 e. The predicted octanol–water partition coefficient (Wildman–Crippen LogP) is 2.23. The average Bonchev–Trinajstić information content (AvgIpc) is 2.76. The van der Waals surface area contributed by atoms with E-state index in [1.54, 1.807) is 41.3 Å². The van der Waals surface area contributed by atoms with Gasteiger partial charge >= 0.3 is 0 Å². The van der Waals surface area contributed by atoms with E-state index in [1.807, 2.05) is 6.92 Å². The van der Waals surface area contributed by atoms with E-state index in [4.69, 9.17) is 0 Å². The number of amides is 1. The van der Waals surface area contributed by atoms with Crippen LogP contribution in [-0.2, 0) is 4.79 Å². The lowest BCUT2D eigenvalue weighted by Gasteiger charge is -2.37. The number of fused-ring (bicyclic) bond motifs is 1.